The highest BCUT2D eigenvalue weighted by molar-refractivity contribution is 4.96. The summed E-state index contributed by atoms with van der Waals surface area (Å²) in [5.74, 6) is 0.858. The van der Waals surface area contributed by atoms with Gasteiger partial charge in [0.25, 0.3) is 0 Å². The van der Waals surface area contributed by atoms with Crippen LogP contribution in [0.2, 0.25) is 0 Å². The van der Waals surface area contributed by atoms with E-state index in [1.807, 2.05) is 0 Å². The molecule has 2 fully saturated rings. The first-order chi connectivity index (χ1) is 9.35. The van der Waals surface area contributed by atoms with Crippen molar-refractivity contribution in [3.63, 3.8) is 0 Å². The minimum absolute atomic E-state index is 0.166. The maximum absolute atomic E-state index is 6.52. The van der Waals surface area contributed by atoms with Gasteiger partial charge in [0.1, 0.15) is 0 Å². The van der Waals surface area contributed by atoms with Gasteiger partial charge in [0.2, 0.25) is 0 Å². The summed E-state index contributed by atoms with van der Waals surface area (Å²) in [4.78, 5) is 6.52. The minimum atomic E-state index is 0.166. The van der Waals surface area contributed by atoms with Crippen LogP contribution in [-0.2, 0) is 4.84 Å². The Morgan fingerprint density at radius 1 is 0.950 bits per heavy atom. The molecule has 0 aromatic rings. The van der Waals surface area contributed by atoms with Crippen LogP contribution in [0.25, 0.3) is 0 Å². The van der Waals surface area contributed by atoms with Gasteiger partial charge < -0.3 is 0 Å². The van der Waals surface area contributed by atoms with E-state index in [2.05, 4.69) is 39.7 Å². The lowest BCUT2D eigenvalue weighted by Crippen LogP contribution is -2.61. The van der Waals surface area contributed by atoms with Gasteiger partial charge in [-0.15, -0.1) is 0 Å². The maximum Gasteiger partial charge on any atom is 0.0793 e. The van der Waals surface area contributed by atoms with Gasteiger partial charge in [0, 0.05) is 11.1 Å². The summed E-state index contributed by atoms with van der Waals surface area (Å²) in [5, 5.41) is 2.38. The van der Waals surface area contributed by atoms with Gasteiger partial charge in [-0.3, -0.25) is 4.84 Å². The number of hydroxylamine groups is 2. The Morgan fingerprint density at radius 3 is 2.00 bits per heavy atom. The molecule has 20 heavy (non-hydrogen) atoms. The molecule has 2 heteroatoms. The van der Waals surface area contributed by atoms with Crippen molar-refractivity contribution in [3.05, 3.63) is 0 Å². The van der Waals surface area contributed by atoms with E-state index in [1.165, 1.54) is 57.8 Å². The van der Waals surface area contributed by atoms with Gasteiger partial charge in [-0.25, -0.2) is 0 Å². The zero-order valence-corrected chi connectivity index (χ0v) is 14.4. The fraction of sp³-hybridized carbons (Fsp3) is 1.00. The molecule has 2 rings (SSSR count). The van der Waals surface area contributed by atoms with Gasteiger partial charge >= 0.3 is 0 Å². The molecule has 0 bridgehead atoms. The molecule has 118 valence electrons. The SMILES string of the molecule is CCCC1CC(C)(C)N(OC2CCCCC2)C(C)(C)C1. The van der Waals surface area contributed by atoms with Crippen molar-refractivity contribution in [2.75, 3.05) is 0 Å². The normalized spacial score (nSPS) is 28.6. The van der Waals surface area contributed by atoms with Crippen molar-refractivity contribution >= 4 is 0 Å². The molecular weight excluding hydrogens is 246 g/mol. The minimum Gasteiger partial charge on any atom is -0.295 e. The standard InChI is InChI=1S/C18H35NO/c1-6-10-15-13-17(2,3)19(18(4,5)14-15)20-16-11-8-7-9-12-16/h15-16H,6-14H2,1-5H3. The van der Waals surface area contributed by atoms with Crippen LogP contribution >= 0.6 is 0 Å². The predicted octanol–water partition coefficient (Wildman–Crippen LogP) is 5.32. The number of hydrogen-bond donors (Lipinski definition) is 0. The van der Waals surface area contributed by atoms with E-state index in [4.69, 9.17) is 4.84 Å². The summed E-state index contributed by atoms with van der Waals surface area (Å²) in [6, 6.07) is 0. The van der Waals surface area contributed by atoms with Crippen molar-refractivity contribution in [2.24, 2.45) is 5.92 Å². The van der Waals surface area contributed by atoms with Gasteiger partial charge in [-0.1, -0.05) is 39.0 Å². The first-order valence-electron chi connectivity index (χ1n) is 8.82. The van der Waals surface area contributed by atoms with Crippen LogP contribution < -0.4 is 0 Å². The quantitative estimate of drug-likeness (QED) is 0.691. The Balaban J connectivity index is 2.05. The molecule has 1 aliphatic heterocycles. The summed E-state index contributed by atoms with van der Waals surface area (Å²) < 4.78 is 0. The number of hydrogen-bond acceptors (Lipinski definition) is 2. The molecule has 2 aliphatic rings. The molecule has 1 saturated heterocycles. The Kier molecular flexibility index (Phi) is 5.18. The third kappa shape index (κ3) is 3.76. The van der Waals surface area contributed by atoms with E-state index in [0.29, 0.717) is 6.10 Å². The number of nitrogens with zero attached hydrogens (tertiary/aromatic N) is 1. The first-order valence-corrected chi connectivity index (χ1v) is 8.82. The van der Waals surface area contributed by atoms with E-state index >= 15 is 0 Å². The van der Waals surface area contributed by atoms with E-state index < -0.39 is 0 Å². The Labute approximate surface area is 126 Å². The van der Waals surface area contributed by atoms with E-state index in [-0.39, 0.29) is 11.1 Å². The van der Waals surface area contributed by atoms with Crippen LogP contribution in [0.4, 0.5) is 0 Å². The smallest absolute Gasteiger partial charge is 0.0793 e. The second-order valence-corrected chi connectivity index (χ2v) is 8.35. The van der Waals surface area contributed by atoms with E-state index in [0.717, 1.165) is 5.92 Å². The molecule has 1 heterocycles. The molecule has 2 nitrogen and oxygen atoms in total. The largest absolute Gasteiger partial charge is 0.295 e. The van der Waals surface area contributed by atoms with Crippen molar-refractivity contribution in [1.29, 1.82) is 0 Å². The van der Waals surface area contributed by atoms with Crippen molar-refractivity contribution in [1.82, 2.24) is 5.06 Å². The first kappa shape index (κ1) is 16.3. The van der Waals surface area contributed by atoms with Gasteiger partial charge in [-0.05, 0) is 59.3 Å². The highest BCUT2D eigenvalue weighted by Gasteiger charge is 2.46. The molecule has 0 spiro atoms. The summed E-state index contributed by atoms with van der Waals surface area (Å²) in [6.07, 6.45) is 12.3. The van der Waals surface area contributed by atoms with Crippen LogP contribution in [0.15, 0.2) is 0 Å². The Bertz CT molecular complexity index is 287. The molecule has 0 radical (unpaired) electrons. The predicted molar refractivity (Wildman–Crippen MR) is 85.6 cm³/mol. The van der Waals surface area contributed by atoms with Crippen molar-refractivity contribution < 1.29 is 4.84 Å². The van der Waals surface area contributed by atoms with Crippen LogP contribution in [0, 0.1) is 5.92 Å². The Morgan fingerprint density at radius 2 is 1.50 bits per heavy atom. The molecule has 0 unspecified atom stereocenters. The molecule has 0 N–H and O–H groups in total. The van der Waals surface area contributed by atoms with E-state index in [9.17, 15) is 0 Å². The summed E-state index contributed by atoms with van der Waals surface area (Å²) in [7, 11) is 0. The van der Waals surface area contributed by atoms with Crippen LogP contribution in [0.3, 0.4) is 0 Å². The molecule has 0 aromatic carbocycles. The third-order valence-corrected chi connectivity index (χ3v) is 5.18. The fourth-order valence-corrected chi connectivity index (χ4v) is 4.69. The average Bonchev–Trinajstić information content (AvgIpc) is 2.35. The van der Waals surface area contributed by atoms with Crippen LogP contribution in [0.5, 0.6) is 0 Å². The van der Waals surface area contributed by atoms with Crippen LogP contribution in [0.1, 0.15) is 92.4 Å². The molecular formula is C18H35NO. The molecule has 1 saturated carbocycles. The maximum atomic E-state index is 6.52. The zero-order valence-electron chi connectivity index (χ0n) is 14.4. The molecule has 1 aliphatic carbocycles. The second kappa shape index (κ2) is 6.36. The van der Waals surface area contributed by atoms with Crippen molar-refractivity contribution in [3.8, 4) is 0 Å². The second-order valence-electron chi connectivity index (χ2n) is 8.35. The Hall–Kier alpha value is -0.0800. The summed E-state index contributed by atoms with van der Waals surface area (Å²) in [5.41, 5.74) is 0.331. The van der Waals surface area contributed by atoms with Crippen molar-refractivity contribution in [2.45, 2.75) is 110 Å². The summed E-state index contributed by atoms with van der Waals surface area (Å²) in [6.45, 7) is 11.8. The van der Waals surface area contributed by atoms with Gasteiger partial charge in [-0.2, -0.15) is 5.06 Å². The van der Waals surface area contributed by atoms with Gasteiger partial charge in [0.05, 0.1) is 6.10 Å². The highest BCUT2D eigenvalue weighted by Crippen LogP contribution is 2.44. The molecule has 0 amide bonds. The average molecular weight is 281 g/mol. The van der Waals surface area contributed by atoms with Crippen LogP contribution in [-0.4, -0.2) is 22.2 Å². The lowest BCUT2D eigenvalue weighted by molar-refractivity contribution is -0.314. The fourth-order valence-electron chi connectivity index (χ4n) is 4.69. The molecule has 0 atom stereocenters. The topological polar surface area (TPSA) is 12.5 Å². The number of rotatable bonds is 4. The number of piperidine rings is 1. The van der Waals surface area contributed by atoms with E-state index in [1.54, 1.807) is 0 Å². The lowest BCUT2D eigenvalue weighted by atomic mass is 9.74. The van der Waals surface area contributed by atoms with Gasteiger partial charge in [0.15, 0.2) is 0 Å². The third-order valence-electron chi connectivity index (χ3n) is 5.18. The zero-order chi connectivity index (χ0) is 14.8. The molecule has 0 aromatic heterocycles. The summed E-state index contributed by atoms with van der Waals surface area (Å²) >= 11 is 0. The monoisotopic (exact) mass is 281 g/mol. The highest BCUT2D eigenvalue weighted by atomic mass is 16.7. The lowest BCUT2D eigenvalue weighted by Gasteiger charge is -2.55.